The zero-order chi connectivity index (χ0) is 12.3. The van der Waals surface area contributed by atoms with Crippen LogP contribution in [0, 0.1) is 11.8 Å². The van der Waals surface area contributed by atoms with Crippen LogP contribution in [0.25, 0.3) is 11.1 Å². The van der Waals surface area contributed by atoms with Crippen LogP contribution in [0.4, 0.5) is 0 Å². The van der Waals surface area contributed by atoms with Crippen molar-refractivity contribution >= 4 is 17.1 Å². The maximum atomic E-state index is 11.1. The van der Waals surface area contributed by atoms with Gasteiger partial charge < -0.3 is 9.52 Å². The Morgan fingerprint density at radius 1 is 1.33 bits per heavy atom. The number of hydrogen-bond acceptors (Lipinski definition) is 3. The lowest BCUT2D eigenvalue weighted by atomic mass is 10.1. The average Bonchev–Trinajstić information content (AvgIpc) is 2.78. The highest BCUT2D eigenvalue weighted by Crippen LogP contribution is 2.63. The number of benzene rings is 1. The van der Waals surface area contributed by atoms with E-state index in [1.54, 1.807) is 12.1 Å². The van der Waals surface area contributed by atoms with Gasteiger partial charge in [-0.2, -0.15) is 0 Å². The molecule has 0 aliphatic heterocycles. The standard InChI is InChI=1S/C14H13NO3/c16-14(17)9-5-2-6-10-12(9)18-13(15-10)11-7-3-1-4-8(7)11/h2,5-8,11H,1,3-4H2,(H,16,17). The molecule has 1 aromatic carbocycles. The van der Waals surface area contributed by atoms with Crippen LogP contribution < -0.4 is 0 Å². The highest BCUT2D eigenvalue weighted by molar-refractivity contribution is 5.99. The number of carboxylic acid groups (broad SMARTS) is 1. The first kappa shape index (κ1) is 10.1. The summed E-state index contributed by atoms with van der Waals surface area (Å²) < 4.78 is 5.73. The molecule has 18 heavy (non-hydrogen) atoms. The van der Waals surface area contributed by atoms with Crippen LogP contribution in [-0.4, -0.2) is 16.1 Å². The number of fused-ring (bicyclic) bond motifs is 2. The number of para-hydroxylation sites is 1. The Morgan fingerprint density at radius 2 is 2.11 bits per heavy atom. The zero-order valence-corrected chi connectivity index (χ0v) is 9.80. The van der Waals surface area contributed by atoms with Crippen LogP contribution in [0.2, 0.25) is 0 Å². The largest absolute Gasteiger partial charge is 0.478 e. The van der Waals surface area contributed by atoms with E-state index >= 15 is 0 Å². The molecule has 0 spiro atoms. The van der Waals surface area contributed by atoms with Gasteiger partial charge in [-0.25, -0.2) is 9.78 Å². The fourth-order valence-electron chi connectivity index (χ4n) is 3.47. The van der Waals surface area contributed by atoms with Gasteiger partial charge in [-0.3, -0.25) is 0 Å². The molecule has 92 valence electrons. The molecule has 4 nitrogen and oxygen atoms in total. The van der Waals surface area contributed by atoms with Crippen molar-refractivity contribution in [3.8, 4) is 0 Å². The molecule has 1 heterocycles. The number of oxazole rings is 1. The number of aromatic nitrogens is 1. The molecule has 2 aliphatic carbocycles. The lowest BCUT2D eigenvalue weighted by molar-refractivity contribution is 0.0698. The number of nitrogens with zero attached hydrogens (tertiary/aromatic N) is 1. The topological polar surface area (TPSA) is 63.3 Å². The molecule has 0 saturated heterocycles. The molecule has 1 N–H and O–H groups in total. The number of aromatic carboxylic acids is 1. The van der Waals surface area contributed by atoms with Gasteiger partial charge in [0.1, 0.15) is 11.1 Å². The molecule has 0 amide bonds. The summed E-state index contributed by atoms with van der Waals surface area (Å²) in [6.07, 6.45) is 3.84. The minimum Gasteiger partial charge on any atom is -0.478 e. The van der Waals surface area contributed by atoms with Crippen molar-refractivity contribution in [2.24, 2.45) is 11.8 Å². The second-order valence-corrected chi connectivity index (χ2v) is 5.30. The van der Waals surface area contributed by atoms with Gasteiger partial charge in [-0.05, 0) is 36.8 Å². The minimum absolute atomic E-state index is 0.206. The van der Waals surface area contributed by atoms with Gasteiger partial charge in [0.15, 0.2) is 11.5 Å². The van der Waals surface area contributed by atoms with E-state index in [9.17, 15) is 4.79 Å². The van der Waals surface area contributed by atoms with E-state index in [2.05, 4.69) is 4.98 Å². The van der Waals surface area contributed by atoms with Crippen LogP contribution in [0.5, 0.6) is 0 Å². The highest BCUT2D eigenvalue weighted by atomic mass is 16.4. The summed E-state index contributed by atoms with van der Waals surface area (Å²) in [5, 5.41) is 9.12. The summed E-state index contributed by atoms with van der Waals surface area (Å²) in [6, 6.07) is 5.09. The zero-order valence-electron chi connectivity index (χ0n) is 9.80. The Kier molecular flexibility index (Phi) is 1.88. The number of carbonyl (C=O) groups is 1. The van der Waals surface area contributed by atoms with E-state index in [0.29, 0.717) is 17.0 Å². The Hall–Kier alpha value is -1.84. The van der Waals surface area contributed by atoms with Gasteiger partial charge in [0.25, 0.3) is 0 Å². The van der Waals surface area contributed by atoms with E-state index in [1.807, 2.05) is 6.07 Å². The van der Waals surface area contributed by atoms with Crippen molar-refractivity contribution in [2.45, 2.75) is 25.2 Å². The number of hydrogen-bond donors (Lipinski definition) is 1. The summed E-state index contributed by atoms with van der Waals surface area (Å²) >= 11 is 0. The molecule has 0 radical (unpaired) electrons. The summed E-state index contributed by atoms with van der Waals surface area (Å²) in [4.78, 5) is 15.6. The third-order valence-corrected chi connectivity index (χ3v) is 4.35. The molecule has 2 unspecified atom stereocenters. The van der Waals surface area contributed by atoms with Crippen molar-refractivity contribution in [1.29, 1.82) is 0 Å². The van der Waals surface area contributed by atoms with Gasteiger partial charge in [0, 0.05) is 5.92 Å². The quantitative estimate of drug-likeness (QED) is 0.880. The highest BCUT2D eigenvalue weighted by Gasteiger charge is 2.55. The predicted octanol–water partition coefficient (Wildman–Crippen LogP) is 3.04. The molecular formula is C14H13NO3. The molecule has 4 rings (SSSR count). The van der Waals surface area contributed by atoms with Gasteiger partial charge in [-0.1, -0.05) is 12.5 Å². The smallest absolute Gasteiger partial charge is 0.339 e. The minimum atomic E-state index is -0.959. The maximum Gasteiger partial charge on any atom is 0.339 e. The van der Waals surface area contributed by atoms with Crippen molar-refractivity contribution in [2.75, 3.05) is 0 Å². The predicted molar refractivity (Wildman–Crippen MR) is 64.5 cm³/mol. The Morgan fingerprint density at radius 3 is 2.83 bits per heavy atom. The third-order valence-electron chi connectivity index (χ3n) is 4.35. The SMILES string of the molecule is O=C(O)c1cccc2nc(C3C4CCCC43)oc12. The van der Waals surface area contributed by atoms with E-state index in [1.165, 1.54) is 19.3 Å². The fraction of sp³-hybridized carbons (Fsp3) is 0.429. The summed E-state index contributed by atoms with van der Waals surface area (Å²) in [5.74, 6) is 1.68. The summed E-state index contributed by atoms with van der Waals surface area (Å²) in [7, 11) is 0. The van der Waals surface area contributed by atoms with Gasteiger partial charge in [0.2, 0.25) is 0 Å². The number of carboxylic acids is 1. The molecule has 1 aromatic heterocycles. The first-order valence-corrected chi connectivity index (χ1v) is 6.38. The van der Waals surface area contributed by atoms with Crippen molar-refractivity contribution in [3.63, 3.8) is 0 Å². The van der Waals surface area contributed by atoms with Crippen LogP contribution in [0.3, 0.4) is 0 Å². The van der Waals surface area contributed by atoms with Crippen LogP contribution in [0.15, 0.2) is 22.6 Å². The van der Waals surface area contributed by atoms with Crippen molar-refractivity contribution in [1.82, 2.24) is 4.98 Å². The monoisotopic (exact) mass is 243 g/mol. The maximum absolute atomic E-state index is 11.1. The normalized spacial score (nSPS) is 29.4. The van der Waals surface area contributed by atoms with Crippen molar-refractivity contribution in [3.05, 3.63) is 29.7 Å². The van der Waals surface area contributed by atoms with Crippen LogP contribution >= 0.6 is 0 Å². The van der Waals surface area contributed by atoms with Gasteiger partial charge >= 0.3 is 5.97 Å². The lowest BCUT2D eigenvalue weighted by Gasteiger charge is -1.96. The molecule has 2 aliphatic rings. The van der Waals surface area contributed by atoms with E-state index in [0.717, 1.165) is 17.7 Å². The van der Waals surface area contributed by atoms with Crippen LogP contribution in [0.1, 0.15) is 41.4 Å². The summed E-state index contributed by atoms with van der Waals surface area (Å²) in [6.45, 7) is 0. The second-order valence-electron chi connectivity index (χ2n) is 5.30. The van der Waals surface area contributed by atoms with E-state index in [4.69, 9.17) is 9.52 Å². The molecule has 2 fully saturated rings. The molecule has 4 heteroatoms. The average molecular weight is 243 g/mol. The lowest BCUT2D eigenvalue weighted by Crippen LogP contribution is -1.95. The molecule has 2 saturated carbocycles. The van der Waals surface area contributed by atoms with E-state index < -0.39 is 5.97 Å². The fourth-order valence-corrected chi connectivity index (χ4v) is 3.47. The Bertz CT molecular complexity index is 636. The third kappa shape index (κ3) is 1.26. The van der Waals surface area contributed by atoms with Gasteiger partial charge in [-0.15, -0.1) is 0 Å². The molecule has 2 aromatic rings. The molecule has 2 atom stereocenters. The van der Waals surface area contributed by atoms with Crippen molar-refractivity contribution < 1.29 is 14.3 Å². The molecular weight excluding hydrogens is 230 g/mol. The van der Waals surface area contributed by atoms with E-state index in [-0.39, 0.29) is 5.56 Å². The summed E-state index contributed by atoms with van der Waals surface area (Å²) in [5.41, 5.74) is 1.29. The van der Waals surface area contributed by atoms with Gasteiger partial charge in [0.05, 0.1) is 0 Å². The van der Waals surface area contributed by atoms with Crippen LogP contribution in [-0.2, 0) is 0 Å². The first-order chi connectivity index (χ1) is 8.75. The second kappa shape index (κ2) is 3.34. The first-order valence-electron chi connectivity index (χ1n) is 6.38. The molecule has 0 bridgehead atoms. The Balaban J connectivity index is 1.80. The Labute approximate surface area is 104 Å². The number of rotatable bonds is 2.